The van der Waals surface area contributed by atoms with Crippen molar-refractivity contribution in [2.45, 2.75) is 32.4 Å². The third-order valence-electron chi connectivity index (χ3n) is 4.23. The summed E-state index contributed by atoms with van der Waals surface area (Å²) in [5.41, 5.74) is 2.28. The molecule has 9 heteroatoms. The lowest BCUT2D eigenvalue weighted by atomic mass is 10.0. The molecule has 148 valence electrons. The lowest BCUT2D eigenvalue weighted by Crippen LogP contribution is -2.22. The first-order chi connectivity index (χ1) is 13.4. The predicted octanol–water partition coefficient (Wildman–Crippen LogP) is 3.43. The minimum atomic E-state index is -1.14. The highest BCUT2D eigenvalue weighted by atomic mass is 28.3. The molecular weight excluding hydrogens is 374 g/mol. The SMILES string of the molecule is COc1ccc(O)cc1-c1cncc(-c2nnnn2COCC[Si](C)(C)C)c1. The van der Waals surface area contributed by atoms with Gasteiger partial charge in [-0.3, -0.25) is 4.98 Å². The molecule has 2 aromatic heterocycles. The molecule has 0 aliphatic carbocycles. The Morgan fingerprint density at radius 3 is 2.64 bits per heavy atom. The molecule has 1 N–H and O–H groups in total. The Morgan fingerprint density at radius 2 is 1.89 bits per heavy atom. The second-order valence-electron chi connectivity index (χ2n) is 7.70. The van der Waals surface area contributed by atoms with Gasteiger partial charge in [0.1, 0.15) is 18.2 Å². The first-order valence-corrected chi connectivity index (χ1v) is 12.7. The number of rotatable bonds is 8. The van der Waals surface area contributed by atoms with Crippen LogP contribution < -0.4 is 4.74 Å². The number of aromatic nitrogens is 5. The van der Waals surface area contributed by atoms with Crippen LogP contribution in [-0.2, 0) is 11.5 Å². The van der Waals surface area contributed by atoms with Crippen LogP contribution in [0, 0.1) is 0 Å². The molecular formula is C19H25N5O3Si. The fraction of sp³-hybridized carbons (Fsp3) is 0.368. The van der Waals surface area contributed by atoms with Gasteiger partial charge < -0.3 is 14.6 Å². The molecule has 0 saturated heterocycles. The molecule has 0 aliphatic heterocycles. The minimum Gasteiger partial charge on any atom is -0.508 e. The largest absolute Gasteiger partial charge is 0.508 e. The second-order valence-corrected chi connectivity index (χ2v) is 13.3. The minimum absolute atomic E-state index is 0.154. The van der Waals surface area contributed by atoms with Gasteiger partial charge in [0.25, 0.3) is 0 Å². The van der Waals surface area contributed by atoms with Crippen molar-refractivity contribution in [3.05, 3.63) is 36.7 Å². The number of phenols is 1. The number of phenolic OH excluding ortho intramolecular Hbond substituents is 1. The van der Waals surface area contributed by atoms with E-state index in [1.165, 1.54) is 0 Å². The zero-order valence-electron chi connectivity index (χ0n) is 16.6. The molecule has 3 aromatic rings. The van der Waals surface area contributed by atoms with E-state index < -0.39 is 8.07 Å². The molecule has 0 fully saturated rings. The summed E-state index contributed by atoms with van der Waals surface area (Å²) in [5.74, 6) is 1.37. The highest BCUT2D eigenvalue weighted by molar-refractivity contribution is 6.76. The van der Waals surface area contributed by atoms with Crippen LogP contribution in [0.15, 0.2) is 36.7 Å². The summed E-state index contributed by atoms with van der Waals surface area (Å²) in [6.07, 6.45) is 3.41. The number of nitrogens with zero attached hydrogens (tertiary/aromatic N) is 5. The molecule has 0 bridgehead atoms. The predicted molar refractivity (Wildman–Crippen MR) is 109 cm³/mol. The van der Waals surface area contributed by atoms with E-state index in [9.17, 15) is 5.11 Å². The van der Waals surface area contributed by atoms with Gasteiger partial charge in [-0.15, -0.1) is 5.10 Å². The molecule has 3 rings (SSSR count). The number of aromatic hydroxyl groups is 1. The summed E-state index contributed by atoms with van der Waals surface area (Å²) >= 11 is 0. The van der Waals surface area contributed by atoms with Crippen molar-refractivity contribution in [3.63, 3.8) is 0 Å². The summed E-state index contributed by atoms with van der Waals surface area (Å²) in [6.45, 7) is 7.91. The fourth-order valence-corrected chi connectivity index (χ4v) is 3.42. The third-order valence-corrected chi connectivity index (χ3v) is 5.94. The molecule has 2 heterocycles. The van der Waals surface area contributed by atoms with E-state index in [2.05, 4.69) is 40.2 Å². The van der Waals surface area contributed by atoms with Crippen LogP contribution in [0.4, 0.5) is 0 Å². The summed E-state index contributed by atoms with van der Waals surface area (Å²) in [5, 5.41) is 21.8. The van der Waals surface area contributed by atoms with E-state index in [1.807, 2.05) is 6.07 Å². The normalized spacial score (nSPS) is 11.6. The quantitative estimate of drug-likeness (QED) is 0.458. The number of benzene rings is 1. The summed E-state index contributed by atoms with van der Waals surface area (Å²) in [7, 11) is 0.445. The third kappa shape index (κ3) is 4.93. The van der Waals surface area contributed by atoms with E-state index in [1.54, 1.807) is 42.4 Å². The van der Waals surface area contributed by atoms with Crippen molar-refractivity contribution in [3.8, 4) is 34.0 Å². The Hall–Kier alpha value is -2.78. The molecule has 0 unspecified atom stereocenters. The molecule has 0 aliphatic rings. The van der Waals surface area contributed by atoms with Gasteiger partial charge in [-0.1, -0.05) is 19.6 Å². The Kier molecular flexibility index (Phi) is 6.05. The van der Waals surface area contributed by atoms with Crippen LogP contribution in [0.25, 0.3) is 22.5 Å². The molecule has 8 nitrogen and oxygen atoms in total. The van der Waals surface area contributed by atoms with Gasteiger partial charge in [-0.25, -0.2) is 0 Å². The number of ether oxygens (including phenoxy) is 2. The van der Waals surface area contributed by atoms with E-state index in [0.29, 0.717) is 18.2 Å². The number of hydrogen-bond donors (Lipinski definition) is 1. The van der Waals surface area contributed by atoms with Crippen LogP contribution in [0.2, 0.25) is 25.7 Å². The van der Waals surface area contributed by atoms with Crippen LogP contribution in [0.1, 0.15) is 0 Å². The number of methoxy groups -OCH3 is 1. The zero-order valence-corrected chi connectivity index (χ0v) is 17.6. The molecule has 0 radical (unpaired) electrons. The Morgan fingerprint density at radius 1 is 1.11 bits per heavy atom. The fourth-order valence-electron chi connectivity index (χ4n) is 2.66. The standard InChI is InChI=1S/C19H25N5O3Si/c1-26-18-6-5-16(25)10-17(18)14-9-15(12-20-11-14)19-21-22-23-24(19)13-27-7-8-28(2,3)4/h5-6,9-12,25H,7-8,13H2,1-4H3. The number of pyridine rings is 1. The van der Waals surface area contributed by atoms with Gasteiger partial charge in [-0.05, 0) is 40.7 Å². The second kappa shape index (κ2) is 8.49. The number of hydrogen-bond acceptors (Lipinski definition) is 7. The van der Waals surface area contributed by atoms with E-state index in [4.69, 9.17) is 9.47 Å². The molecule has 0 amide bonds. The van der Waals surface area contributed by atoms with Crippen molar-refractivity contribution >= 4 is 8.07 Å². The van der Waals surface area contributed by atoms with Crippen LogP contribution in [-0.4, -0.2) is 52.1 Å². The van der Waals surface area contributed by atoms with Gasteiger partial charge in [-0.2, -0.15) is 4.68 Å². The maximum Gasteiger partial charge on any atom is 0.185 e. The lowest BCUT2D eigenvalue weighted by Gasteiger charge is -2.15. The van der Waals surface area contributed by atoms with Gasteiger partial charge >= 0.3 is 0 Å². The molecule has 0 saturated carbocycles. The molecule has 1 aromatic carbocycles. The molecule has 0 atom stereocenters. The van der Waals surface area contributed by atoms with Crippen molar-refractivity contribution < 1.29 is 14.6 Å². The topological polar surface area (TPSA) is 95.2 Å². The lowest BCUT2D eigenvalue weighted by molar-refractivity contribution is 0.0784. The first kappa shape index (κ1) is 20.0. The van der Waals surface area contributed by atoms with Crippen LogP contribution in [0.3, 0.4) is 0 Å². The summed E-state index contributed by atoms with van der Waals surface area (Å²) in [6, 6.07) is 7.93. The zero-order chi connectivity index (χ0) is 20.1. The van der Waals surface area contributed by atoms with Gasteiger partial charge in [0.15, 0.2) is 5.82 Å². The number of tetrazole rings is 1. The average molecular weight is 400 g/mol. The van der Waals surface area contributed by atoms with E-state index in [-0.39, 0.29) is 12.5 Å². The van der Waals surface area contributed by atoms with Crippen molar-refractivity contribution in [1.82, 2.24) is 25.2 Å². The first-order valence-electron chi connectivity index (χ1n) is 9.04. The van der Waals surface area contributed by atoms with E-state index in [0.717, 1.165) is 22.7 Å². The van der Waals surface area contributed by atoms with Crippen molar-refractivity contribution in [1.29, 1.82) is 0 Å². The average Bonchev–Trinajstić information content (AvgIpc) is 3.13. The molecule has 28 heavy (non-hydrogen) atoms. The van der Waals surface area contributed by atoms with E-state index >= 15 is 0 Å². The highest BCUT2D eigenvalue weighted by Crippen LogP contribution is 2.34. The maximum absolute atomic E-state index is 9.84. The van der Waals surface area contributed by atoms with Gasteiger partial charge in [0, 0.05) is 43.8 Å². The monoisotopic (exact) mass is 399 g/mol. The van der Waals surface area contributed by atoms with Gasteiger partial charge in [0.05, 0.1) is 7.11 Å². The molecule has 0 spiro atoms. The Labute approximate surface area is 165 Å². The van der Waals surface area contributed by atoms with Crippen LogP contribution >= 0.6 is 0 Å². The summed E-state index contributed by atoms with van der Waals surface area (Å²) < 4.78 is 12.8. The Bertz CT molecular complexity index is 939. The van der Waals surface area contributed by atoms with Crippen molar-refractivity contribution in [2.24, 2.45) is 0 Å². The van der Waals surface area contributed by atoms with Crippen LogP contribution in [0.5, 0.6) is 11.5 Å². The smallest absolute Gasteiger partial charge is 0.185 e. The Balaban J connectivity index is 1.82. The maximum atomic E-state index is 9.84. The van der Waals surface area contributed by atoms with Gasteiger partial charge in [0.2, 0.25) is 0 Å². The van der Waals surface area contributed by atoms with Crippen molar-refractivity contribution in [2.75, 3.05) is 13.7 Å². The summed E-state index contributed by atoms with van der Waals surface area (Å²) in [4.78, 5) is 4.31. The highest BCUT2D eigenvalue weighted by Gasteiger charge is 2.15.